The summed E-state index contributed by atoms with van der Waals surface area (Å²) in [5.41, 5.74) is 1.52. The van der Waals surface area contributed by atoms with Crippen molar-refractivity contribution < 1.29 is 19.7 Å². The highest BCUT2D eigenvalue weighted by molar-refractivity contribution is 5.77. The Kier molecular flexibility index (Phi) is 3.43. The molecule has 0 fully saturated rings. The molecule has 5 nitrogen and oxygen atoms in total. The van der Waals surface area contributed by atoms with Crippen molar-refractivity contribution in [2.45, 2.75) is 32.4 Å². The van der Waals surface area contributed by atoms with Gasteiger partial charge in [0.1, 0.15) is 6.04 Å². The summed E-state index contributed by atoms with van der Waals surface area (Å²) in [6, 6.07) is 2.49. The average Bonchev–Trinajstić information content (AvgIpc) is 2.28. The lowest BCUT2D eigenvalue weighted by Gasteiger charge is -2.25. The number of carbonyl (C=O) groups is 1. The van der Waals surface area contributed by atoms with Crippen LogP contribution in [0.1, 0.15) is 31.0 Å². The van der Waals surface area contributed by atoms with Crippen LogP contribution in [-0.2, 0) is 11.2 Å². The number of carboxylic acid groups (broad SMARTS) is 1. The number of hydrogen-bond donors (Lipinski definition) is 3. The van der Waals surface area contributed by atoms with Crippen molar-refractivity contribution in [3.63, 3.8) is 0 Å². The van der Waals surface area contributed by atoms with Crippen molar-refractivity contribution in [1.82, 2.24) is 5.32 Å². The maximum absolute atomic E-state index is 11.2. The molecule has 1 aliphatic heterocycles. The van der Waals surface area contributed by atoms with Gasteiger partial charge in [-0.2, -0.15) is 0 Å². The minimum Gasteiger partial charge on any atom is -0.504 e. The third kappa shape index (κ3) is 2.41. The van der Waals surface area contributed by atoms with E-state index in [2.05, 4.69) is 5.32 Å². The number of phenolic OH excluding ortho intramolecular Hbond substituents is 1. The topological polar surface area (TPSA) is 78.8 Å². The van der Waals surface area contributed by atoms with E-state index in [4.69, 9.17) is 9.84 Å². The van der Waals surface area contributed by atoms with Crippen LogP contribution < -0.4 is 10.1 Å². The number of ether oxygens (including phenoxy) is 1. The molecule has 2 rings (SSSR count). The Hall–Kier alpha value is -1.75. The van der Waals surface area contributed by atoms with E-state index in [9.17, 15) is 9.90 Å². The molecule has 0 radical (unpaired) electrons. The minimum atomic E-state index is -0.919. The Morgan fingerprint density at radius 2 is 2.22 bits per heavy atom. The lowest BCUT2D eigenvalue weighted by Crippen LogP contribution is -2.35. The summed E-state index contributed by atoms with van der Waals surface area (Å²) >= 11 is 0. The Labute approximate surface area is 105 Å². The molecule has 0 saturated carbocycles. The fourth-order valence-electron chi connectivity index (χ4n) is 2.14. The molecule has 1 unspecified atom stereocenters. The molecule has 1 aliphatic rings. The van der Waals surface area contributed by atoms with Gasteiger partial charge in [0.15, 0.2) is 11.5 Å². The molecule has 1 atom stereocenters. The summed E-state index contributed by atoms with van der Waals surface area (Å²) < 4.78 is 5.47. The molecule has 0 aliphatic carbocycles. The van der Waals surface area contributed by atoms with Crippen LogP contribution in [0.25, 0.3) is 0 Å². The van der Waals surface area contributed by atoms with Crippen LogP contribution in [0.5, 0.6) is 11.5 Å². The SMILES string of the molecule is CC(C)Oc1cc2c(cc1O)CCNC2C(=O)O. The Morgan fingerprint density at radius 3 is 2.83 bits per heavy atom. The summed E-state index contributed by atoms with van der Waals surface area (Å²) in [6.45, 7) is 4.30. The monoisotopic (exact) mass is 251 g/mol. The Balaban J connectivity index is 2.43. The van der Waals surface area contributed by atoms with Gasteiger partial charge in [0.2, 0.25) is 0 Å². The van der Waals surface area contributed by atoms with Gasteiger partial charge in [-0.3, -0.25) is 4.79 Å². The van der Waals surface area contributed by atoms with E-state index in [0.717, 1.165) is 5.56 Å². The first-order valence-corrected chi connectivity index (χ1v) is 5.97. The van der Waals surface area contributed by atoms with Gasteiger partial charge in [-0.25, -0.2) is 0 Å². The van der Waals surface area contributed by atoms with E-state index in [-0.39, 0.29) is 11.9 Å². The summed E-state index contributed by atoms with van der Waals surface area (Å²) in [6.07, 6.45) is 0.628. The van der Waals surface area contributed by atoms with Gasteiger partial charge in [0.05, 0.1) is 6.10 Å². The molecule has 98 valence electrons. The second-order valence-corrected chi connectivity index (χ2v) is 4.66. The quantitative estimate of drug-likeness (QED) is 0.757. The van der Waals surface area contributed by atoms with E-state index in [0.29, 0.717) is 24.3 Å². The minimum absolute atomic E-state index is 0.0634. The smallest absolute Gasteiger partial charge is 0.325 e. The van der Waals surface area contributed by atoms with Gasteiger partial charge in [-0.1, -0.05) is 0 Å². The second-order valence-electron chi connectivity index (χ2n) is 4.66. The van der Waals surface area contributed by atoms with E-state index in [1.165, 1.54) is 0 Å². The normalized spacial score (nSPS) is 18.5. The van der Waals surface area contributed by atoms with E-state index >= 15 is 0 Å². The standard InChI is InChI=1S/C13H17NO4/c1-7(2)18-11-6-9-8(5-10(11)15)3-4-14-12(9)13(16)17/h5-7,12,14-15H,3-4H2,1-2H3,(H,16,17). The zero-order valence-electron chi connectivity index (χ0n) is 10.4. The summed E-state index contributed by atoms with van der Waals surface area (Å²) in [5, 5.41) is 21.9. The Morgan fingerprint density at radius 1 is 1.50 bits per heavy atom. The molecule has 1 heterocycles. The van der Waals surface area contributed by atoms with Crippen LogP contribution in [-0.4, -0.2) is 28.8 Å². The summed E-state index contributed by atoms with van der Waals surface area (Å²) in [7, 11) is 0. The lowest BCUT2D eigenvalue weighted by atomic mass is 9.93. The van der Waals surface area contributed by atoms with Crippen LogP contribution in [0.15, 0.2) is 12.1 Å². The highest BCUT2D eigenvalue weighted by atomic mass is 16.5. The van der Waals surface area contributed by atoms with Gasteiger partial charge in [0, 0.05) is 6.54 Å². The number of hydrogen-bond acceptors (Lipinski definition) is 4. The lowest BCUT2D eigenvalue weighted by molar-refractivity contribution is -0.139. The highest BCUT2D eigenvalue weighted by Gasteiger charge is 2.27. The van der Waals surface area contributed by atoms with Crippen molar-refractivity contribution in [3.05, 3.63) is 23.3 Å². The van der Waals surface area contributed by atoms with Crippen molar-refractivity contribution in [2.24, 2.45) is 0 Å². The molecule has 1 aromatic rings. The van der Waals surface area contributed by atoms with Gasteiger partial charge in [0.25, 0.3) is 0 Å². The number of aliphatic carboxylic acids is 1. The predicted molar refractivity (Wildman–Crippen MR) is 66.0 cm³/mol. The number of fused-ring (bicyclic) bond motifs is 1. The summed E-state index contributed by atoms with van der Waals surface area (Å²) in [5.74, 6) is -0.524. The zero-order valence-corrected chi connectivity index (χ0v) is 10.4. The van der Waals surface area contributed by atoms with Crippen LogP contribution in [0.3, 0.4) is 0 Å². The fraction of sp³-hybridized carbons (Fsp3) is 0.462. The predicted octanol–water partition coefficient (Wildman–Crippen LogP) is 1.45. The molecular weight excluding hydrogens is 234 g/mol. The zero-order chi connectivity index (χ0) is 13.3. The van der Waals surface area contributed by atoms with Crippen molar-refractivity contribution in [3.8, 4) is 11.5 Å². The van der Waals surface area contributed by atoms with E-state index in [1.807, 2.05) is 13.8 Å². The van der Waals surface area contributed by atoms with Gasteiger partial charge < -0.3 is 20.3 Å². The molecule has 0 saturated heterocycles. The number of carboxylic acids is 1. The number of rotatable bonds is 3. The number of benzene rings is 1. The molecular formula is C13H17NO4. The van der Waals surface area contributed by atoms with Gasteiger partial charge in [-0.05, 0) is 43.5 Å². The largest absolute Gasteiger partial charge is 0.504 e. The third-order valence-corrected chi connectivity index (χ3v) is 2.88. The fourth-order valence-corrected chi connectivity index (χ4v) is 2.14. The van der Waals surface area contributed by atoms with Crippen molar-refractivity contribution in [2.75, 3.05) is 6.54 Å². The van der Waals surface area contributed by atoms with Crippen molar-refractivity contribution in [1.29, 1.82) is 0 Å². The second kappa shape index (κ2) is 4.86. The molecule has 3 N–H and O–H groups in total. The van der Waals surface area contributed by atoms with Gasteiger partial charge in [-0.15, -0.1) is 0 Å². The van der Waals surface area contributed by atoms with Crippen LogP contribution >= 0.6 is 0 Å². The first kappa shape index (κ1) is 12.7. The van der Waals surface area contributed by atoms with Crippen LogP contribution in [0.2, 0.25) is 0 Å². The van der Waals surface area contributed by atoms with Gasteiger partial charge >= 0.3 is 5.97 Å². The Bertz CT molecular complexity index is 470. The molecule has 0 aromatic heterocycles. The number of nitrogens with one attached hydrogen (secondary N) is 1. The molecule has 1 aromatic carbocycles. The van der Waals surface area contributed by atoms with Crippen LogP contribution in [0.4, 0.5) is 0 Å². The maximum Gasteiger partial charge on any atom is 0.325 e. The van der Waals surface area contributed by atoms with Crippen LogP contribution in [0, 0.1) is 0 Å². The molecule has 0 bridgehead atoms. The summed E-state index contributed by atoms with van der Waals surface area (Å²) in [4.78, 5) is 11.2. The van der Waals surface area contributed by atoms with E-state index in [1.54, 1.807) is 12.1 Å². The van der Waals surface area contributed by atoms with Crippen molar-refractivity contribution >= 4 is 5.97 Å². The average molecular weight is 251 g/mol. The molecule has 0 amide bonds. The first-order valence-electron chi connectivity index (χ1n) is 5.97. The number of aromatic hydroxyl groups is 1. The molecule has 5 heteroatoms. The van der Waals surface area contributed by atoms with E-state index < -0.39 is 12.0 Å². The molecule has 0 spiro atoms. The molecule has 18 heavy (non-hydrogen) atoms. The first-order chi connectivity index (χ1) is 8.49. The highest BCUT2D eigenvalue weighted by Crippen LogP contribution is 2.35. The number of phenols is 1. The third-order valence-electron chi connectivity index (χ3n) is 2.88. The maximum atomic E-state index is 11.2.